The first kappa shape index (κ1) is 46.7. The molecule has 1 aromatic heterocycles. The Morgan fingerprint density at radius 3 is 2.42 bits per heavy atom. The van der Waals surface area contributed by atoms with E-state index < -0.39 is 71.6 Å². The average Bonchev–Trinajstić information content (AvgIpc) is 3.62. The van der Waals surface area contributed by atoms with Gasteiger partial charge in [-0.1, -0.05) is 24.3 Å². The molecule has 0 N–H and O–H groups in total. The summed E-state index contributed by atoms with van der Waals surface area (Å²) < 4.78 is 92.8. The van der Waals surface area contributed by atoms with Gasteiger partial charge in [0, 0.05) is 22.4 Å². The normalized spacial score (nSPS) is 17.5. The fourth-order valence-corrected chi connectivity index (χ4v) is 7.03. The van der Waals surface area contributed by atoms with E-state index in [-0.39, 0.29) is 101 Å². The predicted molar refractivity (Wildman–Crippen MR) is 178 cm³/mol. The summed E-state index contributed by atoms with van der Waals surface area (Å²) in [5.41, 5.74) is -2.51. The van der Waals surface area contributed by atoms with Gasteiger partial charge in [-0.3, -0.25) is 0 Å². The molecule has 0 radical (unpaired) electrons. The van der Waals surface area contributed by atoms with E-state index in [0.717, 1.165) is 36.4 Å². The molecule has 0 bridgehead atoms. The molecule has 278 valence electrons. The molecule has 12 nitrogen and oxygen atoms in total. The van der Waals surface area contributed by atoms with Crippen molar-refractivity contribution in [1.29, 1.82) is 5.26 Å². The molecule has 2 atom stereocenters. The number of rotatable bonds is 14. The number of phosphoric acid groups is 1. The van der Waals surface area contributed by atoms with Crippen LogP contribution in [0, 0.1) is 34.6 Å². The van der Waals surface area contributed by atoms with Gasteiger partial charge in [0.2, 0.25) is 0 Å². The minimum absolute atomic E-state index is 0. The smallest absolute Gasteiger partial charge is 0.790 e. The van der Waals surface area contributed by atoms with Crippen LogP contribution in [0.3, 0.4) is 0 Å². The number of nitriles is 1. The van der Waals surface area contributed by atoms with Gasteiger partial charge in [-0.25, -0.2) is 32.0 Å². The van der Waals surface area contributed by atoms with Gasteiger partial charge in [-0.15, -0.1) is 11.8 Å². The number of hydrogen-bond acceptors (Lipinski definition) is 12. The van der Waals surface area contributed by atoms with E-state index in [2.05, 4.69) is 14.6 Å². The van der Waals surface area contributed by atoms with Crippen LogP contribution in [0.5, 0.6) is 0 Å². The van der Waals surface area contributed by atoms with Crippen molar-refractivity contribution in [2.75, 3.05) is 13.2 Å². The minimum Gasteiger partial charge on any atom is -0.790 e. The third kappa shape index (κ3) is 12.9. The number of thioether (sulfide) groups is 1. The van der Waals surface area contributed by atoms with Crippen LogP contribution in [0.2, 0.25) is 0 Å². The summed E-state index contributed by atoms with van der Waals surface area (Å²) in [5.74, 6) is -4.59. The Balaban J connectivity index is 0.00000406. The van der Waals surface area contributed by atoms with Crippen molar-refractivity contribution < 1.29 is 115 Å². The minimum atomic E-state index is -5.54. The first-order valence-corrected chi connectivity index (χ1v) is 18.1. The molecule has 20 heteroatoms. The SMILES string of the molecule is C[C@@H](SC1COC(C=CC=Cc2ccc(C#N)cc2F)OC1)[C@@](Cn1cncn1)(OC(=O)c1ccc(F)cc1COP(=O)([O-])[O-])c1ccc(F)cc1F.[Na+].[Na+]. The Kier molecular flexibility index (Phi) is 18.0. The number of aromatic nitrogens is 3. The van der Waals surface area contributed by atoms with Gasteiger partial charge in [0.15, 0.2) is 11.9 Å². The fourth-order valence-electron chi connectivity index (χ4n) is 5.38. The summed E-state index contributed by atoms with van der Waals surface area (Å²) in [7, 11) is -5.54. The summed E-state index contributed by atoms with van der Waals surface area (Å²) in [5, 5.41) is 11.7. The monoisotopic (exact) mass is 818 g/mol. The van der Waals surface area contributed by atoms with E-state index in [1.807, 2.05) is 6.07 Å². The Morgan fingerprint density at radius 2 is 1.78 bits per heavy atom. The summed E-state index contributed by atoms with van der Waals surface area (Å²) in [6, 6.07) is 11.3. The number of esters is 1. The third-order valence-electron chi connectivity index (χ3n) is 7.92. The van der Waals surface area contributed by atoms with Crippen molar-refractivity contribution in [3.05, 3.63) is 137 Å². The number of ether oxygens (including phenoxy) is 3. The topological polar surface area (TPSA) is 172 Å². The fraction of sp³-hybridized carbons (Fsp3) is 0.257. The van der Waals surface area contributed by atoms with E-state index >= 15 is 4.39 Å². The Bertz CT molecular complexity index is 2080. The van der Waals surface area contributed by atoms with Crippen LogP contribution in [0.4, 0.5) is 17.6 Å². The largest absolute Gasteiger partial charge is 1.00 e. The molecule has 0 spiro atoms. The van der Waals surface area contributed by atoms with Gasteiger partial charge < -0.3 is 33.1 Å². The number of hydrogen-bond donors (Lipinski definition) is 0. The second-order valence-electron chi connectivity index (χ2n) is 11.5. The van der Waals surface area contributed by atoms with Gasteiger partial charge >= 0.3 is 65.1 Å². The third-order valence-corrected chi connectivity index (χ3v) is 9.81. The molecular weight excluding hydrogens is 789 g/mol. The van der Waals surface area contributed by atoms with Crippen LogP contribution in [-0.2, 0) is 42.1 Å². The van der Waals surface area contributed by atoms with Crippen LogP contribution in [0.25, 0.3) is 6.08 Å². The zero-order valence-electron chi connectivity index (χ0n) is 29.6. The summed E-state index contributed by atoms with van der Waals surface area (Å²) in [6.45, 7) is 0.496. The van der Waals surface area contributed by atoms with Crippen molar-refractivity contribution in [3.8, 4) is 6.07 Å². The zero-order valence-corrected chi connectivity index (χ0v) is 35.4. The van der Waals surface area contributed by atoms with Crippen molar-refractivity contribution in [3.63, 3.8) is 0 Å². The molecule has 0 amide bonds. The van der Waals surface area contributed by atoms with Gasteiger partial charge in [-0.2, -0.15) is 10.4 Å². The maximum atomic E-state index is 15.8. The van der Waals surface area contributed by atoms with E-state index in [1.54, 1.807) is 25.2 Å². The second-order valence-corrected chi connectivity index (χ2v) is 14.3. The number of carbonyl (C=O) groups is 1. The van der Waals surface area contributed by atoms with Gasteiger partial charge in [-0.05, 0) is 61.0 Å². The first-order valence-electron chi connectivity index (χ1n) is 15.7. The van der Waals surface area contributed by atoms with Crippen LogP contribution >= 0.6 is 19.6 Å². The molecule has 4 aromatic rings. The molecule has 1 aliphatic heterocycles. The number of phosphoric ester groups is 1. The number of allylic oxidation sites excluding steroid dienone is 2. The van der Waals surface area contributed by atoms with Gasteiger partial charge in [0.25, 0.3) is 0 Å². The van der Waals surface area contributed by atoms with Crippen molar-refractivity contribution in [2.45, 2.75) is 42.5 Å². The molecule has 55 heavy (non-hydrogen) atoms. The quantitative estimate of drug-likeness (QED) is 0.0498. The van der Waals surface area contributed by atoms with Crippen LogP contribution < -0.4 is 68.9 Å². The van der Waals surface area contributed by atoms with Gasteiger partial charge in [0.1, 0.15) is 35.9 Å². The Morgan fingerprint density at radius 1 is 1.07 bits per heavy atom. The summed E-state index contributed by atoms with van der Waals surface area (Å²) in [6.07, 6.45) is 7.97. The van der Waals surface area contributed by atoms with Crippen molar-refractivity contribution >= 4 is 31.6 Å². The number of carbonyl (C=O) groups excluding carboxylic acids is 1. The zero-order chi connectivity index (χ0) is 38.2. The summed E-state index contributed by atoms with van der Waals surface area (Å²) >= 11 is 1.19. The van der Waals surface area contributed by atoms with Crippen LogP contribution in [-0.4, -0.2) is 50.7 Å². The predicted octanol–water partition coefficient (Wildman–Crippen LogP) is -1.06. The molecule has 3 aromatic carbocycles. The molecular formula is C35H29F4N4Na2O8PS. The van der Waals surface area contributed by atoms with E-state index in [9.17, 15) is 32.3 Å². The molecule has 0 unspecified atom stereocenters. The molecule has 1 saturated heterocycles. The summed E-state index contributed by atoms with van der Waals surface area (Å²) in [4.78, 5) is 40.2. The van der Waals surface area contributed by atoms with Crippen LogP contribution in [0.1, 0.15) is 39.5 Å². The molecule has 1 aliphatic rings. The molecule has 0 saturated carbocycles. The first-order chi connectivity index (χ1) is 25.3. The van der Waals surface area contributed by atoms with Gasteiger partial charge in [0.05, 0.1) is 56.6 Å². The maximum Gasteiger partial charge on any atom is 1.00 e. The van der Waals surface area contributed by atoms with Crippen molar-refractivity contribution in [1.82, 2.24) is 14.8 Å². The number of nitrogens with zero attached hydrogens (tertiary/aromatic N) is 4. The maximum absolute atomic E-state index is 15.8. The van der Waals surface area contributed by atoms with Crippen molar-refractivity contribution in [2.24, 2.45) is 0 Å². The van der Waals surface area contributed by atoms with E-state index in [1.165, 1.54) is 47.3 Å². The molecule has 0 aliphatic carbocycles. The van der Waals surface area contributed by atoms with E-state index in [4.69, 9.17) is 19.5 Å². The van der Waals surface area contributed by atoms with Crippen LogP contribution in [0.15, 0.2) is 85.5 Å². The van der Waals surface area contributed by atoms with E-state index in [0.29, 0.717) is 6.07 Å². The standard InChI is InChI=1S/C35H31F4N4O8PS.2Na/c1-22(53-28-17-48-33(49-18-28)5-3-2-4-24-7-6-23(15-40)12-31(24)38)35(19-43-21-41-20-42-43,30-11-9-27(37)14-32(30)39)51-34(44)29-10-8-26(36)13-25(29)16-50-52(45,46)47;;/h2-14,20-22,28,33H,16-19H2,1H3,(H2,45,46,47);;/q;2*+1/p-2/t22-,28?,33?,35-;;/m1../s1. The molecule has 1 fully saturated rings. The number of halogens is 4. The molecule has 5 rings (SSSR count). The Labute approximate surface area is 361 Å². The Hall–Kier alpha value is -2.66. The molecule has 2 heterocycles. The number of benzene rings is 3. The second kappa shape index (κ2) is 21.2. The average molecular weight is 819 g/mol.